The zero-order valence-electron chi connectivity index (χ0n) is 17.2. The van der Waals surface area contributed by atoms with Gasteiger partial charge in [0.2, 0.25) is 5.91 Å². The van der Waals surface area contributed by atoms with Crippen LogP contribution < -0.4 is 10.5 Å². The van der Waals surface area contributed by atoms with Crippen LogP contribution in [0.3, 0.4) is 0 Å². The van der Waals surface area contributed by atoms with E-state index in [4.69, 9.17) is 15.5 Å². The predicted molar refractivity (Wildman–Crippen MR) is 119 cm³/mol. The molecule has 0 radical (unpaired) electrons. The number of carbonyl (C=O) groups is 2. The number of para-hydroxylation sites is 1. The van der Waals surface area contributed by atoms with Crippen molar-refractivity contribution >= 4 is 11.8 Å². The Morgan fingerprint density at radius 2 is 1.84 bits per heavy atom. The first-order valence-electron chi connectivity index (χ1n) is 10.4. The van der Waals surface area contributed by atoms with Gasteiger partial charge in [0.1, 0.15) is 5.75 Å². The van der Waals surface area contributed by atoms with Crippen molar-refractivity contribution < 1.29 is 14.3 Å². The molecule has 158 valence electrons. The number of rotatable bonds is 6. The van der Waals surface area contributed by atoms with Crippen LogP contribution in [0.2, 0.25) is 0 Å². The molecule has 0 saturated carbocycles. The SMILES string of the molecule is NC(=O)c1cccc(-c2cccc(C3CCCN(C(=O)COc4ccccc4)C3)n2)c1. The van der Waals surface area contributed by atoms with Gasteiger partial charge in [-0.05, 0) is 49.2 Å². The number of hydrogen-bond acceptors (Lipinski definition) is 4. The monoisotopic (exact) mass is 415 g/mol. The Hall–Kier alpha value is -3.67. The van der Waals surface area contributed by atoms with Crippen molar-refractivity contribution in [2.75, 3.05) is 19.7 Å². The summed E-state index contributed by atoms with van der Waals surface area (Å²) in [4.78, 5) is 30.9. The molecule has 2 amide bonds. The second kappa shape index (κ2) is 9.43. The Labute approximate surface area is 181 Å². The maximum Gasteiger partial charge on any atom is 0.260 e. The third-order valence-electron chi connectivity index (χ3n) is 5.51. The summed E-state index contributed by atoms with van der Waals surface area (Å²) in [6.07, 6.45) is 1.89. The number of piperidine rings is 1. The van der Waals surface area contributed by atoms with Crippen LogP contribution >= 0.6 is 0 Å². The largest absolute Gasteiger partial charge is 0.484 e. The predicted octanol–water partition coefficient (Wildman–Crippen LogP) is 3.63. The number of ether oxygens (including phenoxy) is 1. The minimum absolute atomic E-state index is 0.0149. The number of benzene rings is 2. The average Bonchev–Trinajstić information content (AvgIpc) is 2.83. The maximum absolute atomic E-state index is 12.7. The zero-order valence-corrected chi connectivity index (χ0v) is 17.2. The van der Waals surface area contributed by atoms with Crippen molar-refractivity contribution in [3.63, 3.8) is 0 Å². The molecule has 1 aromatic heterocycles. The van der Waals surface area contributed by atoms with E-state index in [1.807, 2.05) is 59.5 Å². The quantitative estimate of drug-likeness (QED) is 0.666. The van der Waals surface area contributed by atoms with Gasteiger partial charge in [0.25, 0.3) is 5.91 Å². The van der Waals surface area contributed by atoms with Gasteiger partial charge < -0.3 is 15.4 Å². The highest BCUT2D eigenvalue weighted by Gasteiger charge is 2.26. The molecule has 1 unspecified atom stereocenters. The van der Waals surface area contributed by atoms with E-state index in [1.54, 1.807) is 18.2 Å². The number of carbonyl (C=O) groups excluding carboxylic acids is 2. The van der Waals surface area contributed by atoms with Crippen molar-refractivity contribution in [1.82, 2.24) is 9.88 Å². The van der Waals surface area contributed by atoms with Gasteiger partial charge >= 0.3 is 0 Å². The molecule has 0 aliphatic carbocycles. The number of amides is 2. The number of hydrogen-bond donors (Lipinski definition) is 1. The molecule has 0 bridgehead atoms. The molecule has 2 aromatic carbocycles. The van der Waals surface area contributed by atoms with Gasteiger partial charge in [-0.3, -0.25) is 14.6 Å². The summed E-state index contributed by atoms with van der Waals surface area (Å²) in [7, 11) is 0. The van der Waals surface area contributed by atoms with Crippen LogP contribution in [-0.4, -0.2) is 41.4 Å². The van der Waals surface area contributed by atoms with Gasteiger partial charge in [-0.2, -0.15) is 0 Å². The second-order valence-corrected chi connectivity index (χ2v) is 7.67. The van der Waals surface area contributed by atoms with E-state index < -0.39 is 5.91 Å². The molecule has 1 atom stereocenters. The van der Waals surface area contributed by atoms with E-state index in [9.17, 15) is 9.59 Å². The standard InChI is InChI=1S/C25H25N3O3/c26-25(30)19-8-4-7-18(15-19)22-12-5-13-23(27-22)20-9-6-14-28(16-20)24(29)17-31-21-10-2-1-3-11-21/h1-5,7-8,10-13,15,20H,6,9,14,16-17H2,(H2,26,30). The lowest BCUT2D eigenvalue weighted by molar-refractivity contribution is -0.134. The van der Waals surface area contributed by atoms with E-state index in [0.717, 1.165) is 36.3 Å². The van der Waals surface area contributed by atoms with E-state index in [0.29, 0.717) is 17.9 Å². The molecule has 31 heavy (non-hydrogen) atoms. The molecular weight excluding hydrogens is 390 g/mol. The molecule has 1 saturated heterocycles. The second-order valence-electron chi connectivity index (χ2n) is 7.67. The topological polar surface area (TPSA) is 85.5 Å². The van der Waals surface area contributed by atoms with E-state index in [-0.39, 0.29) is 18.4 Å². The van der Waals surface area contributed by atoms with Gasteiger partial charge in [0.15, 0.2) is 6.61 Å². The Morgan fingerprint density at radius 3 is 2.65 bits per heavy atom. The number of pyridine rings is 1. The molecule has 6 heteroatoms. The fraction of sp³-hybridized carbons (Fsp3) is 0.240. The first kappa shape index (κ1) is 20.6. The number of primary amides is 1. The molecule has 1 aliphatic heterocycles. The van der Waals surface area contributed by atoms with Crippen LogP contribution in [0, 0.1) is 0 Å². The van der Waals surface area contributed by atoms with Crippen molar-refractivity contribution in [1.29, 1.82) is 0 Å². The lowest BCUT2D eigenvalue weighted by Crippen LogP contribution is -2.41. The fourth-order valence-corrected chi connectivity index (χ4v) is 3.87. The summed E-state index contributed by atoms with van der Waals surface area (Å²) in [6, 6.07) is 22.4. The zero-order chi connectivity index (χ0) is 21.6. The summed E-state index contributed by atoms with van der Waals surface area (Å²) in [6.45, 7) is 1.38. The summed E-state index contributed by atoms with van der Waals surface area (Å²) in [5.41, 5.74) is 8.44. The molecule has 4 rings (SSSR count). The minimum Gasteiger partial charge on any atom is -0.484 e. The van der Waals surface area contributed by atoms with Crippen molar-refractivity contribution in [3.05, 3.63) is 84.1 Å². The van der Waals surface area contributed by atoms with Crippen LogP contribution in [0.5, 0.6) is 5.75 Å². The van der Waals surface area contributed by atoms with Gasteiger partial charge in [-0.1, -0.05) is 36.4 Å². The lowest BCUT2D eigenvalue weighted by atomic mass is 9.93. The van der Waals surface area contributed by atoms with E-state index in [2.05, 4.69) is 0 Å². The van der Waals surface area contributed by atoms with Crippen LogP contribution in [-0.2, 0) is 4.79 Å². The third kappa shape index (κ3) is 5.09. The van der Waals surface area contributed by atoms with Gasteiger partial charge in [0.05, 0.1) is 5.69 Å². The maximum atomic E-state index is 12.7. The van der Waals surface area contributed by atoms with Crippen LogP contribution in [0.4, 0.5) is 0 Å². The Balaban J connectivity index is 1.45. The highest BCUT2D eigenvalue weighted by Crippen LogP contribution is 2.28. The molecule has 3 aromatic rings. The summed E-state index contributed by atoms with van der Waals surface area (Å²) in [5.74, 6) is 0.377. The van der Waals surface area contributed by atoms with Crippen LogP contribution in [0.25, 0.3) is 11.3 Å². The van der Waals surface area contributed by atoms with Gasteiger partial charge in [0, 0.05) is 35.8 Å². The van der Waals surface area contributed by atoms with Crippen LogP contribution in [0.1, 0.15) is 34.8 Å². The van der Waals surface area contributed by atoms with Crippen molar-refractivity contribution in [2.45, 2.75) is 18.8 Å². The first-order valence-corrected chi connectivity index (χ1v) is 10.4. The molecule has 2 N–H and O–H groups in total. The van der Waals surface area contributed by atoms with E-state index >= 15 is 0 Å². The number of nitrogens with two attached hydrogens (primary N) is 1. The Kier molecular flexibility index (Phi) is 6.26. The van der Waals surface area contributed by atoms with Crippen molar-refractivity contribution in [2.24, 2.45) is 5.73 Å². The molecule has 2 heterocycles. The number of aromatic nitrogens is 1. The summed E-state index contributed by atoms with van der Waals surface area (Å²) >= 11 is 0. The Bertz CT molecular complexity index is 1070. The number of nitrogens with zero attached hydrogens (tertiary/aromatic N) is 2. The molecule has 6 nitrogen and oxygen atoms in total. The number of likely N-dealkylation sites (tertiary alicyclic amines) is 1. The van der Waals surface area contributed by atoms with Gasteiger partial charge in [-0.25, -0.2) is 0 Å². The molecular formula is C25H25N3O3. The first-order chi connectivity index (χ1) is 15.1. The highest BCUT2D eigenvalue weighted by molar-refractivity contribution is 5.94. The lowest BCUT2D eigenvalue weighted by Gasteiger charge is -2.32. The minimum atomic E-state index is -0.461. The smallest absolute Gasteiger partial charge is 0.260 e. The van der Waals surface area contributed by atoms with Gasteiger partial charge in [-0.15, -0.1) is 0 Å². The average molecular weight is 415 g/mol. The summed E-state index contributed by atoms with van der Waals surface area (Å²) < 4.78 is 5.62. The van der Waals surface area contributed by atoms with Crippen LogP contribution in [0.15, 0.2) is 72.8 Å². The molecule has 1 fully saturated rings. The third-order valence-corrected chi connectivity index (χ3v) is 5.51. The molecule has 1 aliphatic rings. The fourth-order valence-electron chi connectivity index (χ4n) is 3.87. The Morgan fingerprint density at radius 1 is 1.03 bits per heavy atom. The summed E-state index contributed by atoms with van der Waals surface area (Å²) in [5, 5.41) is 0. The van der Waals surface area contributed by atoms with Crippen molar-refractivity contribution in [3.8, 4) is 17.0 Å². The normalized spacial score (nSPS) is 16.0. The van der Waals surface area contributed by atoms with E-state index in [1.165, 1.54) is 0 Å². The highest BCUT2D eigenvalue weighted by atomic mass is 16.5. The molecule has 0 spiro atoms.